The van der Waals surface area contributed by atoms with Crippen molar-refractivity contribution >= 4 is 5.95 Å². The van der Waals surface area contributed by atoms with Gasteiger partial charge in [-0.2, -0.15) is 4.98 Å². The zero-order valence-electron chi connectivity index (χ0n) is 12.7. The highest BCUT2D eigenvalue weighted by Crippen LogP contribution is 2.21. The van der Waals surface area contributed by atoms with Gasteiger partial charge in [0, 0.05) is 24.8 Å². The second-order valence-corrected chi connectivity index (χ2v) is 5.51. The topological polar surface area (TPSA) is 73.5 Å². The van der Waals surface area contributed by atoms with Crippen molar-refractivity contribution in [2.45, 2.75) is 45.9 Å². The fraction of sp³-hybridized carbons (Fsp3) is 0.714. The van der Waals surface area contributed by atoms with Crippen molar-refractivity contribution in [2.24, 2.45) is 5.73 Å². The van der Waals surface area contributed by atoms with E-state index in [1.165, 1.54) is 0 Å². The monoisotopic (exact) mass is 280 g/mol. The van der Waals surface area contributed by atoms with Gasteiger partial charge in [-0.05, 0) is 27.7 Å². The van der Waals surface area contributed by atoms with E-state index in [2.05, 4.69) is 21.8 Å². The standard InChI is InChI=1S/C14H24N4O2/c1-9(2)20-13-5-10(3)16-14(17-13)18-7-12(6-15)19-8-11(18)4/h5,9,11-12H,6-8,15H2,1-4H3. The lowest BCUT2D eigenvalue weighted by Crippen LogP contribution is -2.51. The second kappa shape index (κ2) is 6.37. The van der Waals surface area contributed by atoms with Crippen LogP contribution in [0.15, 0.2) is 6.07 Å². The minimum Gasteiger partial charge on any atom is -0.475 e. The number of aromatic nitrogens is 2. The highest BCUT2D eigenvalue weighted by atomic mass is 16.5. The van der Waals surface area contributed by atoms with Gasteiger partial charge in [-0.1, -0.05) is 0 Å². The highest BCUT2D eigenvalue weighted by molar-refractivity contribution is 5.36. The Hall–Kier alpha value is -1.40. The van der Waals surface area contributed by atoms with Crippen molar-refractivity contribution in [3.8, 4) is 5.88 Å². The zero-order valence-corrected chi connectivity index (χ0v) is 12.7. The Morgan fingerprint density at radius 1 is 1.50 bits per heavy atom. The van der Waals surface area contributed by atoms with E-state index in [9.17, 15) is 0 Å². The Kier molecular flexibility index (Phi) is 4.77. The van der Waals surface area contributed by atoms with Gasteiger partial charge in [0.05, 0.1) is 24.9 Å². The maximum atomic E-state index is 5.70. The summed E-state index contributed by atoms with van der Waals surface area (Å²) in [4.78, 5) is 11.2. The molecule has 1 fully saturated rings. The molecule has 0 aromatic carbocycles. The number of nitrogens with zero attached hydrogens (tertiary/aromatic N) is 3. The van der Waals surface area contributed by atoms with Crippen molar-refractivity contribution in [2.75, 3.05) is 24.6 Å². The maximum absolute atomic E-state index is 5.70. The molecule has 6 nitrogen and oxygen atoms in total. The van der Waals surface area contributed by atoms with Gasteiger partial charge in [-0.3, -0.25) is 0 Å². The molecule has 1 aliphatic heterocycles. The summed E-state index contributed by atoms with van der Waals surface area (Å²) in [6.45, 7) is 9.87. The predicted octanol–water partition coefficient (Wildman–Crippen LogP) is 1.12. The number of morpholine rings is 1. The molecule has 2 rings (SSSR count). The second-order valence-electron chi connectivity index (χ2n) is 5.51. The van der Waals surface area contributed by atoms with Gasteiger partial charge in [-0.25, -0.2) is 4.98 Å². The number of nitrogens with two attached hydrogens (primary N) is 1. The fourth-order valence-corrected chi connectivity index (χ4v) is 2.19. The molecule has 20 heavy (non-hydrogen) atoms. The smallest absolute Gasteiger partial charge is 0.229 e. The molecule has 0 radical (unpaired) electrons. The largest absolute Gasteiger partial charge is 0.475 e. The lowest BCUT2D eigenvalue weighted by Gasteiger charge is -2.37. The van der Waals surface area contributed by atoms with Crippen LogP contribution in [0.3, 0.4) is 0 Å². The molecule has 1 aliphatic rings. The number of aryl methyl sites for hydroxylation is 1. The lowest BCUT2D eigenvalue weighted by molar-refractivity contribution is 0.0275. The molecule has 0 saturated carbocycles. The average Bonchev–Trinajstić information content (AvgIpc) is 2.37. The highest BCUT2D eigenvalue weighted by Gasteiger charge is 2.27. The molecular weight excluding hydrogens is 256 g/mol. The van der Waals surface area contributed by atoms with Gasteiger partial charge in [0.2, 0.25) is 11.8 Å². The van der Waals surface area contributed by atoms with E-state index in [1.54, 1.807) is 0 Å². The molecule has 1 aromatic rings. The van der Waals surface area contributed by atoms with E-state index in [4.69, 9.17) is 15.2 Å². The summed E-state index contributed by atoms with van der Waals surface area (Å²) < 4.78 is 11.3. The van der Waals surface area contributed by atoms with Crippen LogP contribution in [0.25, 0.3) is 0 Å². The molecule has 2 N–H and O–H groups in total. The Morgan fingerprint density at radius 2 is 2.25 bits per heavy atom. The number of hydrogen-bond acceptors (Lipinski definition) is 6. The molecule has 0 bridgehead atoms. The van der Waals surface area contributed by atoms with Crippen LogP contribution < -0.4 is 15.4 Å². The molecule has 2 unspecified atom stereocenters. The van der Waals surface area contributed by atoms with Crippen molar-refractivity contribution < 1.29 is 9.47 Å². The van der Waals surface area contributed by atoms with Gasteiger partial charge < -0.3 is 20.1 Å². The quantitative estimate of drug-likeness (QED) is 0.891. The van der Waals surface area contributed by atoms with Gasteiger partial charge in [0.25, 0.3) is 0 Å². The number of hydrogen-bond donors (Lipinski definition) is 1. The number of rotatable bonds is 4. The molecular formula is C14H24N4O2. The van der Waals surface area contributed by atoms with Crippen LogP contribution in [0.4, 0.5) is 5.95 Å². The van der Waals surface area contributed by atoms with E-state index < -0.39 is 0 Å². The van der Waals surface area contributed by atoms with Gasteiger partial charge in [0.1, 0.15) is 0 Å². The summed E-state index contributed by atoms with van der Waals surface area (Å²) in [6.07, 6.45) is 0.126. The summed E-state index contributed by atoms with van der Waals surface area (Å²) >= 11 is 0. The molecule has 1 saturated heterocycles. The van der Waals surface area contributed by atoms with Crippen molar-refractivity contribution in [3.05, 3.63) is 11.8 Å². The lowest BCUT2D eigenvalue weighted by atomic mass is 10.2. The number of anilines is 1. The van der Waals surface area contributed by atoms with Gasteiger partial charge >= 0.3 is 0 Å². The summed E-state index contributed by atoms with van der Waals surface area (Å²) in [6, 6.07) is 2.08. The van der Waals surface area contributed by atoms with E-state index in [0.717, 1.165) is 5.69 Å². The molecule has 6 heteroatoms. The summed E-state index contributed by atoms with van der Waals surface area (Å²) in [7, 11) is 0. The third-order valence-corrected chi connectivity index (χ3v) is 3.20. The molecule has 0 spiro atoms. The molecule has 112 valence electrons. The Morgan fingerprint density at radius 3 is 2.90 bits per heavy atom. The molecule has 0 amide bonds. The minimum atomic E-state index is 0.0322. The predicted molar refractivity (Wildman–Crippen MR) is 78.1 cm³/mol. The van der Waals surface area contributed by atoms with Gasteiger partial charge in [0.15, 0.2) is 0 Å². The minimum absolute atomic E-state index is 0.0322. The summed E-state index contributed by atoms with van der Waals surface area (Å²) in [5.41, 5.74) is 6.59. The van der Waals surface area contributed by atoms with Crippen LogP contribution in [0.1, 0.15) is 26.5 Å². The fourth-order valence-electron chi connectivity index (χ4n) is 2.19. The number of ether oxygens (including phenoxy) is 2. The van der Waals surface area contributed by atoms with Crippen LogP contribution >= 0.6 is 0 Å². The Balaban J connectivity index is 2.23. The maximum Gasteiger partial charge on any atom is 0.229 e. The molecule has 2 atom stereocenters. The normalized spacial score (nSPS) is 23.2. The van der Waals surface area contributed by atoms with Crippen molar-refractivity contribution in [3.63, 3.8) is 0 Å². The van der Waals surface area contributed by atoms with E-state index in [1.807, 2.05) is 26.8 Å². The zero-order chi connectivity index (χ0) is 14.7. The van der Waals surface area contributed by atoms with E-state index in [-0.39, 0.29) is 18.2 Å². The van der Waals surface area contributed by atoms with Crippen molar-refractivity contribution in [1.82, 2.24) is 9.97 Å². The molecule has 0 aliphatic carbocycles. The third-order valence-electron chi connectivity index (χ3n) is 3.20. The Bertz CT molecular complexity index is 453. The van der Waals surface area contributed by atoms with E-state index in [0.29, 0.717) is 31.5 Å². The molecule has 1 aromatic heterocycles. The molecule has 2 heterocycles. The first-order chi connectivity index (χ1) is 9.49. The average molecular weight is 280 g/mol. The third kappa shape index (κ3) is 3.58. The van der Waals surface area contributed by atoms with Crippen LogP contribution in [-0.2, 0) is 4.74 Å². The van der Waals surface area contributed by atoms with Crippen LogP contribution in [-0.4, -0.2) is 47.9 Å². The summed E-state index contributed by atoms with van der Waals surface area (Å²) in [5.74, 6) is 1.31. The van der Waals surface area contributed by atoms with Crippen LogP contribution in [0.5, 0.6) is 5.88 Å². The first kappa shape index (κ1) is 15.0. The first-order valence-electron chi connectivity index (χ1n) is 7.10. The first-order valence-corrected chi connectivity index (χ1v) is 7.10. The van der Waals surface area contributed by atoms with Crippen molar-refractivity contribution in [1.29, 1.82) is 0 Å². The van der Waals surface area contributed by atoms with E-state index >= 15 is 0 Å². The summed E-state index contributed by atoms with van der Waals surface area (Å²) in [5, 5.41) is 0. The van der Waals surface area contributed by atoms with Crippen LogP contribution in [0, 0.1) is 6.92 Å². The van der Waals surface area contributed by atoms with Crippen LogP contribution in [0.2, 0.25) is 0 Å². The van der Waals surface area contributed by atoms with Gasteiger partial charge in [-0.15, -0.1) is 0 Å². The SMILES string of the molecule is Cc1cc(OC(C)C)nc(N2CC(CN)OCC2C)n1. The Labute approximate surface area is 120 Å².